The first-order valence-electron chi connectivity index (χ1n) is 4.08. The molecule has 0 bridgehead atoms. The summed E-state index contributed by atoms with van der Waals surface area (Å²) in [5, 5.41) is 15.3. The minimum Gasteiger partial charge on any atom is -0.475 e. The summed E-state index contributed by atoms with van der Waals surface area (Å²) in [6.07, 6.45) is -5.08. The average Bonchev–Trinajstić information content (AvgIpc) is 2.28. The van der Waals surface area contributed by atoms with E-state index in [1.807, 2.05) is 0 Å². The number of hydrogen-bond acceptors (Lipinski definition) is 3. The molecule has 0 aliphatic carbocycles. The van der Waals surface area contributed by atoms with Crippen LogP contribution in [0.2, 0.25) is 0 Å². The second-order valence-corrected chi connectivity index (χ2v) is 2.61. The highest BCUT2D eigenvalue weighted by molar-refractivity contribution is 5.93. The van der Waals surface area contributed by atoms with Gasteiger partial charge in [0.1, 0.15) is 0 Å². The molecule has 0 spiro atoms. The zero-order valence-electron chi connectivity index (χ0n) is 8.23. The third-order valence-corrected chi connectivity index (χ3v) is 1.38. The fourth-order valence-corrected chi connectivity index (χ4v) is 0.654. The highest BCUT2D eigenvalue weighted by Crippen LogP contribution is 2.13. The molecule has 0 saturated heterocycles. The van der Waals surface area contributed by atoms with E-state index >= 15 is 0 Å². The quantitative estimate of drug-likeness (QED) is 0.520. The lowest BCUT2D eigenvalue weighted by Crippen LogP contribution is -2.21. The van der Waals surface area contributed by atoms with Crippen molar-refractivity contribution in [3.8, 4) is 0 Å². The van der Waals surface area contributed by atoms with Gasteiger partial charge in [-0.15, -0.1) is 0 Å². The lowest BCUT2D eigenvalue weighted by atomic mass is 10.2. The number of carbonyl (C=O) groups is 2. The summed E-state index contributed by atoms with van der Waals surface area (Å²) >= 11 is 0. The van der Waals surface area contributed by atoms with Crippen molar-refractivity contribution in [2.45, 2.75) is 6.18 Å². The van der Waals surface area contributed by atoms with Crippen molar-refractivity contribution in [2.24, 2.45) is 0 Å². The highest BCUT2D eigenvalue weighted by atomic mass is 19.4. The Hall–Kier alpha value is -2.09. The molecule has 0 aliphatic rings. The van der Waals surface area contributed by atoms with Gasteiger partial charge >= 0.3 is 12.1 Å². The molecule has 3 N–H and O–H groups in total. The highest BCUT2D eigenvalue weighted by Gasteiger charge is 2.38. The van der Waals surface area contributed by atoms with Gasteiger partial charge in [0, 0.05) is 5.56 Å². The maximum absolute atomic E-state index is 10.7. The summed E-state index contributed by atoms with van der Waals surface area (Å²) in [6, 6.07) is 8.49. The smallest absolute Gasteiger partial charge is 0.475 e. The number of aliphatic carboxylic acids is 1. The molecule has 5 nitrogen and oxygen atoms in total. The normalized spacial score (nSPS) is 9.88. The molecule has 0 radical (unpaired) electrons. The van der Waals surface area contributed by atoms with Crippen LogP contribution < -0.4 is 5.48 Å². The van der Waals surface area contributed by atoms with Gasteiger partial charge in [0.05, 0.1) is 0 Å². The van der Waals surface area contributed by atoms with Crippen LogP contribution >= 0.6 is 0 Å². The van der Waals surface area contributed by atoms with Crippen LogP contribution in [0.3, 0.4) is 0 Å². The Labute approximate surface area is 93.4 Å². The predicted octanol–water partition coefficient (Wildman–Crippen LogP) is 1.44. The monoisotopic (exact) mass is 251 g/mol. The van der Waals surface area contributed by atoms with Gasteiger partial charge in [-0.05, 0) is 12.1 Å². The molecule has 0 heterocycles. The molecule has 0 saturated carbocycles. The van der Waals surface area contributed by atoms with E-state index in [-0.39, 0.29) is 0 Å². The lowest BCUT2D eigenvalue weighted by Gasteiger charge is -1.94. The Morgan fingerprint density at radius 2 is 1.53 bits per heavy atom. The Bertz CT molecular complexity index is 378. The number of hydroxylamine groups is 1. The lowest BCUT2D eigenvalue weighted by molar-refractivity contribution is -0.192. The first-order chi connectivity index (χ1) is 7.79. The van der Waals surface area contributed by atoms with E-state index in [0.717, 1.165) is 0 Å². The van der Waals surface area contributed by atoms with Crippen LogP contribution in [0.5, 0.6) is 0 Å². The van der Waals surface area contributed by atoms with Gasteiger partial charge in [-0.2, -0.15) is 13.2 Å². The summed E-state index contributed by atoms with van der Waals surface area (Å²) in [4.78, 5) is 19.5. The van der Waals surface area contributed by atoms with E-state index in [2.05, 4.69) is 0 Å². The standard InChI is InChI=1S/C7H7NO2.C2HF3O2/c9-7(8-10)6-4-2-1-3-5-6;3-2(4,5)1(6)7/h1-5,10H,(H,8,9);(H,6,7). The minimum atomic E-state index is -5.08. The number of carboxylic acid groups (broad SMARTS) is 1. The van der Waals surface area contributed by atoms with Crippen LogP contribution in [0, 0.1) is 0 Å². The second-order valence-electron chi connectivity index (χ2n) is 2.61. The summed E-state index contributed by atoms with van der Waals surface area (Å²) in [6.45, 7) is 0. The van der Waals surface area contributed by atoms with Crippen LogP contribution in [0.4, 0.5) is 13.2 Å². The van der Waals surface area contributed by atoms with Crippen molar-refractivity contribution in [2.75, 3.05) is 0 Å². The van der Waals surface area contributed by atoms with Gasteiger partial charge < -0.3 is 5.11 Å². The molecule has 1 rings (SSSR count). The van der Waals surface area contributed by atoms with Crippen LogP contribution in [0.1, 0.15) is 10.4 Å². The Kier molecular flexibility index (Phi) is 5.69. The van der Waals surface area contributed by atoms with Gasteiger partial charge in [0.25, 0.3) is 5.91 Å². The molecule has 1 aromatic rings. The number of alkyl halides is 3. The predicted molar refractivity (Wildman–Crippen MR) is 49.4 cm³/mol. The maximum atomic E-state index is 10.7. The van der Waals surface area contributed by atoms with Crippen molar-refractivity contribution in [1.82, 2.24) is 5.48 Å². The molecule has 8 heteroatoms. The number of amides is 1. The largest absolute Gasteiger partial charge is 0.490 e. The van der Waals surface area contributed by atoms with Crippen molar-refractivity contribution in [3.05, 3.63) is 35.9 Å². The molecular formula is C9H8F3NO4. The number of carboxylic acids is 1. The van der Waals surface area contributed by atoms with E-state index in [4.69, 9.17) is 15.1 Å². The van der Waals surface area contributed by atoms with Crippen molar-refractivity contribution < 1.29 is 33.1 Å². The Morgan fingerprint density at radius 3 is 1.82 bits per heavy atom. The van der Waals surface area contributed by atoms with E-state index < -0.39 is 18.1 Å². The summed E-state index contributed by atoms with van der Waals surface area (Å²) in [7, 11) is 0. The molecule has 1 amide bonds. The minimum absolute atomic E-state index is 0.449. The molecule has 0 fully saturated rings. The Morgan fingerprint density at radius 1 is 1.12 bits per heavy atom. The molecule has 0 aromatic heterocycles. The molecule has 0 unspecified atom stereocenters. The molecule has 17 heavy (non-hydrogen) atoms. The number of hydrogen-bond donors (Lipinski definition) is 3. The zero-order chi connectivity index (χ0) is 13.5. The average molecular weight is 251 g/mol. The zero-order valence-corrected chi connectivity index (χ0v) is 8.23. The fraction of sp³-hybridized carbons (Fsp3) is 0.111. The van der Waals surface area contributed by atoms with Gasteiger partial charge in [-0.1, -0.05) is 18.2 Å². The van der Waals surface area contributed by atoms with Gasteiger partial charge in [0.15, 0.2) is 0 Å². The number of carbonyl (C=O) groups excluding carboxylic acids is 1. The number of halogens is 3. The fourth-order valence-electron chi connectivity index (χ4n) is 0.654. The maximum Gasteiger partial charge on any atom is 0.490 e. The van der Waals surface area contributed by atoms with E-state index in [1.165, 1.54) is 0 Å². The van der Waals surface area contributed by atoms with Crippen molar-refractivity contribution in [1.29, 1.82) is 0 Å². The van der Waals surface area contributed by atoms with Gasteiger partial charge in [-0.3, -0.25) is 10.0 Å². The van der Waals surface area contributed by atoms with Gasteiger partial charge in [-0.25, -0.2) is 10.3 Å². The first kappa shape index (κ1) is 14.9. The van der Waals surface area contributed by atoms with Crippen LogP contribution in [0.15, 0.2) is 30.3 Å². The summed E-state index contributed by atoms with van der Waals surface area (Å²) < 4.78 is 31.7. The number of nitrogens with one attached hydrogen (secondary N) is 1. The SMILES string of the molecule is O=C(NO)c1ccccc1.O=C(O)C(F)(F)F. The van der Waals surface area contributed by atoms with E-state index in [9.17, 15) is 18.0 Å². The molecule has 1 aromatic carbocycles. The second kappa shape index (κ2) is 6.48. The van der Waals surface area contributed by atoms with E-state index in [1.54, 1.807) is 35.8 Å². The third-order valence-electron chi connectivity index (χ3n) is 1.38. The topological polar surface area (TPSA) is 86.6 Å². The van der Waals surface area contributed by atoms with Crippen molar-refractivity contribution in [3.63, 3.8) is 0 Å². The number of benzene rings is 1. The van der Waals surface area contributed by atoms with E-state index in [0.29, 0.717) is 5.56 Å². The van der Waals surface area contributed by atoms with Crippen molar-refractivity contribution >= 4 is 11.9 Å². The van der Waals surface area contributed by atoms with Gasteiger partial charge in [0.2, 0.25) is 0 Å². The molecule has 94 valence electrons. The first-order valence-corrected chi connectivity index (χ1v) is 4.08. The van der Waals surface area contributed by atoms with Crippen LogP contribution in [0.25, 0.3) is 0 Å². The summed E-state index contributed by atoms with van der Waals surface area (Å²) in [5.41, 5.74) is 1.99. The third kappa shape index (κ3) is 6.15. The molecule has 0 aliphatic heterocycles. The molecule has 0 atom stereocenters. The molecular weight excluding hydrogens is 243 g/mol. The van der Waals surface area contributed by atoms with Crippen LogP contribution in [-0.2, 0) is 4.79 Å². The van der Waals surface area contributed by atoms with Crippen LogP contribution in [-0.4, -0.2) is 28.4 Å². The summed E-state index contributed by atoms with van der Waals surface area (Å²) in [5.74, 6) is -3.24. The Balaban J connectivity index is 0.000000325. The number of rotatable bonds is 1.